The molecule has 0 spiro atoms. The summed E-state index contributed by atoms with van der Waals surface area (Å²) in [5.74, 6) is 2.37. The normalized spacial score (nSPS) is 46.8. The lowest BCUT2D eigenvalue weighted by Crippen LogP contribution is -2.70. The Morgan fingerprint density at radius 3 is 2.42 bits per heavy atom. The molecule has 204 valence electrons. The van der Waals surface area contributed by atoms with Crippen molar-refractivity contribution in [1.29, 1.82) is 0 Å². The third kappa shape index (κ3) is 4.47. The second kappa shape index (κ2) is 9.78. The van der Waals surface area contributed by atoms with Gasteiger partial charge in [0.2, 0.25) is 0 Å². The van der Waals surface area contributed by atoms with E-state index in [1.807, 2.05) is 0 Å². The number of rotatable bonds is 8. The van der Waals surface area contributed by atoms with Gasteiger partial charge in [-0.3, -0.25) is 4.79 Å². The highest BCUT2D eigenvalue weighted by molar-refractivity contribution is 5.68. The lowest BCUT2D eigenvalue weighted by molar-refractivity contribution is -0.247. The van der Waals surface area contributed by atoms with E-state index in [-0.39, 0.29) is 18.3 Å². The van der Waals surface area contributed by atoms with Gasteiger partial charge in [-0.2, -0.15) is 0 Å². The molecule has 0 bridgehead atoms. The van der Waals surface area contributed by atoms with E-state index in [1.54, 1.807) is 0 Å². The maximum atomic E-state index is 12.2. The quantitative estimate of drug-likeness (QED) is 0.193. The van der Waals surface area contributed by atoms with Crippen molar-refractivity contribution in [1.82, 2.24) is 0 Å². The molecule has 0 heterocycles. The average molecular weight is 504 g/mol. The summed E-state index contributed by atoms with van der Waals surface area (Å²) in [6, 6.07) is -0.640. The van der Waals surface area contributed by atoms with Crippen LogP contribution < -0.4 is 0 Å². The summed E-state index contributed by atoms with van der Waals surface area (Å²) in [5, 5.41) is 36.9. The lowest BCUT2D eigenvalue weighted by atomic mass is 9.41. The zero-order valence-electron chi connectivity index (χ0n) is 23.1. The first kappa shape index (κ1) is 27.7. The number of hydrogen-bond donors (Lipinski definition) is 3. The van der Waals surface area contributed by atoms with Crippen LogP contribution >= 0.6 is 0 Å². The van der Waals surface area contributed by atoms with Gasteiger partial charge in [-0.25, -0.2) is 0 Å². The Morgan fingerprint density at radius 1 is 1.06 bits per heavy atom. The standard InChI is InChI=1S/C29H49N3O4/c1-18(2)7-6-8-19(3)21-9-10-22-20-15-24(31-32-30)29(36)17-28(35,16-25(33)34)14-13-27(29,5)23(20)11-12-26(21,22)4/h18-24,35-36H,6-17H2,1-5H3,(H,33,34)/t19-,20+,21-,22+,23+,24?,26-,27-,28?,29?/m1/s1. The lowest BCUT2D eigenvalue weighted by Gasteiger charge is -2.67. The van der Waals surface area contributed by atoms with Crippen LogP contribution in [0.5, 0.6) is 0 Å². The highest BCUT2D eigenvalue weighted by atomic mass is 16.4. The third-order valence-electron chi connectivity index (χ3n) is 11.9. The van der Waals surface area contributed by atoms with Gasteiger partial charge < -0.3 is 15.3 Å². The summed E-state index contributed by atoms with van der Waals surface area (Å²) in [5.41, 5.74) is 6.37. The number of carboxylic acid groups (broad SMARTS) is 1. The minimum atomic E-state index is -1.47. The van der Waals surface area contributed by atoms with Crippen LogP contribution in [0.4, 0.5) is 0 Å². The molecule has 0 aliphatic heterocycles. The summed E-state index contributed by atoms with van der Waals surface area (Å²) < 4.78 is 0. The largest absolute Gasteiger partial charge is 0.481 e. The van der Waals surface area contributed by atoms with Crippen molar-refractivity contribution < 1.29 is 20.1 Å². The van der Waals surface area contributed by atoms with Crippen molar-refractivity contribution in [3.8, 4) is 0 Å². The molecule has 3 unspecified atom stereocenters. The Hall–Kier alpha value is -1.30. The van der Waals surface area contributed by atoms with E-state index in [2.05, 4.69) is 44.6 Å². The van der Waals surface area contributed by atoms with Crippen LogP contribution in [0, 0.1) is 46.3 Å². The SMILES string of the molecule is CC(C)CCC[C@@H](C)[C@H]1CC[C@H]2[C@@H]3CC(N=[N+]=[N-])C4(O)CC(O)(CC(=O)O)CC[C@]4(C)[C@H]3CC[C@]12C. The molecule has 10 atom stereocenters. The van der Waals surface area contributed by atoms with Crippen molar-refractivity contribution in [2.45, 2.75) is 129 Å². The topological polar surface area (TPSA) is 127 Å². The first-order valence-corrected chi connectivity index (χ1v) is 14.5. The van der Waals surface area contributed by atoms with Gasteiger partial charge in [-0.1, -0.05) is 59.0 Å². The van der Waals surface area contributed by atoms with Crippen LogP contribution in [0.3, 0.4) is 0 Å². The van der Waals surface area contributed by atoms with Crippen LogP contribution in [0.1, 0.15) is 112 Å². The van der Waals surface area contributed by atoms with Crippen LogP contribution in [0.25, 0.3) is 10.4 Å². The highest BCUT2D eigenvalue weighted by Crippen LogP contribution is 2.70. The van der Waals surface area contributed by atoms with E-state index in [4.69, 9.17) is 0 Å². The number of fused-ring (bicyclic) bond motifs is 5. The Morgan fingerprint density at radius 2 is 1.78 bits per heavy atom. The van der Waals surface area contributed by atoms with Crippen LogP contribution in [0.15, 0.2) is 5.11 Å². The predicted molar refractivity (Wildman–Crippen MR) is 140 cm³/mol. The summed E-state index contributed by atoms with van der Waals surface area (Å²) in [4.78, 5) is 14.6. The molecule has 0 radical (unpaired) electrons. The smallest absolute Gasteiger partial charge is 0.306 e. The zero-order chi connectivity index (χ0) is 26.5. The molecule has 4 aliphatic carbocycles. The molecule has 3 N–H and O–H groups in total. The number of aliphatic hydroxyl groups is 2. The van der Waals surface area contributed by atoms with E-state index in [0.717, 1.165) is 18.8 Å². The summed E-state index contributed by atoms with van der Waals surface area (Å²) >= 11 is 0. The molecule has 7 heteroatoms. The molecule has 4 fully saturated rings. The average Bonchev–Trinajstić information content (AvgIpc) is 3.12. The monoisotopic (exact) mass is 503 g/mol. The summed E-state index contributed by atoms with van der Waals surface area (Å²) in [6.07, 6.45) is 9.70. The van der Waals surface area contributed by atoms with E-state index >= 15 is 0 Å². The number of hydrogen-bond acceptors (Lipinski definition) is 4. The van der Waals surface area contributed by atoms with Crippen molar-refractivity contribution in [2.24, 2.45) is 51.5 Å². The molecular formula is C29H49N3O4. The van der Waals surface area contributed by atoms with Gasteiger partial charge in [0.05, 0.1) is 23.7 Å². The molecule has 0 aromatic rings. The fourth-order valence-corrected chi connectivity index (χ4v) is 10.0. The number of aliphatic carboxylic acids is 1. The van der Waals surface area contributed by atoms with Crippen molar-refractivity contribution in [2.75, 3.05) is 0 Å². The fourth-order valence-electron chi connectivity index (χ4n) is 10.0. The number of carbonyl (C=O) groups is 1. The number of nitrogens with zero attached hydrogens (tertiary/aromatic N) is 3. The Kier molecular flexibility index (Phi) is 7.53. The van der Waals surface area contributed by atoms with Gasteiger partial charge in [0, 0.05) is 16.7 Å². The molecule has 7 nitrogen and oxygen atoms in total. The van der Waals surface area contributed by atoms with Crippen molar-refractivity contribution in [3.05, 3.63) is 10.4 Å². The minimum Gasteiger partial charge on any atom is -0.481 e. The van der Waals surface area contributed by atoms with E-state index in [0.29, 0.717) is 48.9 Å². The second-order valence-electron chi connectivity index (χ2n) is 14.2. The van der Waals surface area contributed by atoms with Gasteiger partial charge in [0.15, 0.2) is 0 Å². The molecule has 36 heavy (non-hydrogen) atoms. The van der Waals surface area contributed by atoms with Crippen molar-refractivity contribution >= 4 is 5.97 Å². The van der Waals surface area contributed by atoms with Gasteiger partial charge in [0.25, 0.3) is 0 Å². The molecular weight excluding hydrogens is 454 g/mol. The Balaban J connectivity index is 1.60. The van der Waals surface area contributed by atoms with E-state index in [9.17, 15) is 25.6 Å². The zero-order valence-corrected chi connectivity index (χ0v) is 23.1. The predicted octanol–water partition coefficient (Wildman–Crippen LogP) is 6.72. The van der Waals surface area contributed by atoms with Gasteiger partial charge >= 0.3 is 5.97 Å². The first-order valence-electron chi connectivity index (χ1n) is 14.5. The molecule has 0 saturated heterocycles. The number of carboxylic acids is 1. The molecule has 4 saturated carbocycles. The van der Waals surface area contributed by atoms with E-state index in [1.165, 1.54) is 32.1 Å². The molecule has 0 aromatic carbocycles. The molecule has 0 aromatic heterocycles. The fraction of sp³-hybridized carbons (Fsp3) is 0.966. The molecule has 0 amide bonds. The van der Waals surface area contributed by atoms with Gasteiger partial charge in [-0.15, -0.1) is 0 Å². The van der Waals surface area contributed by atoms with E-state index < -0.39 is 28.6 Å². The highest BCUT2D eigenvalue weighted by Gasteiger charge is 2.69. The number of azide groups is 1. The third-order valence-corrected chi connectivity index (χ3v) is 11.9. The van der Waals surface area contributed by atoms with Gasteiger partial charge in [0.1, 0.15) is 0 Å². The molecule has 4 aliphatic rings. The minimum absolute atomic E-state index is 0.0346. The van der Waals surface area contributed by atoms with Crippen LogP contribution in [-0.2, 0) is 4.79 Å². The Labute approximate surface area is 217 Å². The Bertz CT molecular complexity index is 890. The van der Waals surface area contributed by atoms with Gasteiger partial charge in [-0.05, 0) is 91.4 Å². The summed E-state index contributed by atoms with van der Waals surface area (Å²) in [6.45, 7) is 11.7. The summed E-state index contributed by atoms with van der Waals surface area (Å²) in [7, 11) is 0. The maximum Gasteiger partial charge on any atom is 0.306 e. The first-order chi connectivity index (χ1) is 16.8. The van der Waals surface area contributed by atoms with Crippen LogP contribution in [-0.4, -0.2) is 38.5 Å². The van der Waals surface area contributed by atoms with Crippen molar-refractivity contribution in [3.63, 3.8) is 0 Å². The second-order valence-corrected chi connectivity index (χ2v) is 14.2. The molecule has 4 rings (SSSR count). The van der Waals surface area contributed by atoms with Crippen LogP contribution in [0.2, 0.25) is 0 Å². The maximum absolute atomic E-state index is 12.2.